The summed E-state index contributed by atoms with van der Waals surface area (Å²) in [5.41, 5.74) is 3.03. The quantitative estimate of drug-likeness (QED) is 0.468. The van der Waals surface area contributed by atoms with Crippen LogP contribution in [0, 0.1) is 0 Å². The number of carbonyl (C=O) groups is 1. The number of anilines is 1. The minimum Gasteiger partial charge on any atom is -0.444 e. The molecule has 4 nitrogen and oxygen atoms in total. The highest BCUT2D eigenvalue weighted by molar-refractivity contribution is 5.78. The second kappa shape index (κ2) is 8.21. The summed E-state index contributed by atoms with van der Waals surface area (Å²) < 4.78 is 47.0. The smallest absolute Gasteiger partial charge is 0.417 e. The van der Waals surface area contributed by atoms with Crippen molar-refractivity contribution < 1.29 is 22.7 Å². The molecule has 0 radical (unpaired) electrons. The van der Waals surface area contributed by atoms with Crippen LogP contribution in [0.1, 0.15) is 62.6 Å². The van der Waals surface area contributed by atoms with E-state index in [2.05, 4.69) is 4.90 Å². The fourth-order valence-electron chi connectivity index (χ4n) is 5.83. The number of alkyl halides is 3. The number of benzene rings is 2. The third kappa shape index (κ3) is 4.14. The zero-order valence-corrected chi connectivity index (χ0v) is 19.9. The topological polar surface area (TPSA) is 32.8 Å². The Kier molecular flexibility index (Phi) is 5.57. The molecule has 3 aliphatic heterocycles. The molecule has 2 aromatic rings. The number of fused-ring (bicyclic) bond motifs is 3. The molecule has 3 heterocycles. The zero-order valence-electron chi connectivity index (χ0n) is 19.9. The Balaban J connectivity index is 1.57. The van der Waals surface area contributed by atoms with Crippen molar-refractivity contribution in [2.24, 2.45) is 0 Å². The number of nitrogens with zero attached hydrogens (tertiary/aromatic N) is 2. The molecule has 0 unspecified atom stereocenters. The number of rotatable bonds is 1. The van der Waals surface area contributed by atoms with Gasteiger partial charge in [-0.05, 0) is 86.9 Å². The molecule has 0 aliphatic carbocycles. The maximum Gasteiger partial charge on any atom is 0.417 e. The number of hydrogen-bond acceptors (Lipinski definition) is 3. The first kappa shape index (κ1) is 23.1. The van der Waals surface area contributed by atoms with Crippen LogP contribution in [-0.2, 0) is 17.3 Å². The standard InChI is InChI=1S/C27H31F3N2O2/c1-26(2,3)34-25(33)31-13-11-23-21(16-31)20-15-18(14-17-8-6-7-12-32(23)24(17)20)19-9-4-5-10-22(19)27(28,29)30/h4-5,9-10,14-15,21,23H,6-8,11-13,16H2,1-3H3/t21-,23-/m0/s1. The number of carbonyl (C=O) groups excluding carboxylic acids is 1. The summed E-state index contributed by atoms with van der Waals surface area (Å²) in [4.78, 5) is 17.0. The average Bonchev–Trinajstić information content (AvgIpc) is 2.92. The number of amides is 1. The first-order valence-corrected chi connectivity index (χ1v) is 12.1. The molecular formula is C27H31F3N2O2. The van der Waals surface area contributed by atoms with Gasteiger partial charge in [0.2, 0.25) is 0 Å². The van der Waals surface area contributed by atoms with Crippen molar-refractivity contribution in [1.82, 2.24) is 4.90 Å². The summed E-state index contributed by atoms with van der Waals surface area (Å²) in [7, 11) is 0. The monoisotopic (exact) mass is 472 g/mol. The summed E-state index contributed by atoms with van der Waals surface area (Å²) >= 11 is 0. The fraction of sp³-hybridized carbons (Fsp3) is 0.519. The van der Waals surface area contributed by atoms with E-state index in [1.54, 1.807) is 17.0 Å². The molecule has 7 heteroatoms. The van der Waals surface area contributed by atoms with E-state index in [1.807, 2.05) is 32.9 Å². The second-order valence-electron chi connectivity index (χ2n) is 10.7. The molecule has 2 aromatic carbocycles. The number of ether oxygens (including phenoxy) is 1. The molecule has 1 amide bonds. The van der Waals surface area contributed by atoms with E-state index >= 15 is 0 Å². The maximum absolute atomic E-state index is 13.8. The van der Waals surface area contributed by atoms with Crippen LogP contribution in [-0.4, -0.2) is 42.3 Å². The van der Waals surface area contributed by atoms with Crippen LogP contribution in [0.4, 0.5) is 23.7 Å². The molecule has 3 aliphatic rings. The maximum atomic E-state index is 13.8. The molecule has 0 saturated carbocycles. The van der Waals surface area contributed by atoms with Gasteiger partial charge < -0.3 is 14.5 Å². The van der Waals surface area contributed by atoms with Gasteiger partial charge in [-0.25, -0.2) is 4.79 Å². The van der Waals surface area contributed by atoms with Crippen molar-refractivity contribution in [2.45, 2.75) is 70.2 Å². The van der Waals surface area contributed by atoms with E-state index in [0.29, 0.717) is 18.7 Å². The molecule has 34 heavy (non-hydrogen) atoms. The summed E-state index contributed by atoms with van der Waals surface area (Å²) in [6.07, 6.45) is -0.980. The molecule has 0 N–H and O–H groups in total. The Morgan fingerprint density at radius 1 is 1.06 bits per heavy atom. The van der Waals surface area contributed by atoms with Gasteiger partial charge >= 0.3 is 12.3 Å². The molecule has 1 fully saturated rings. The van der Waals surface area contributed by atoms with Gasteiger partial charge in [0.05, 0.1) is 5.56 Å². The Labute approximate surface area is 198 Å². The van der Waals surface area contributed by atoms with Crippen LogP contribution in [0.15, 0.2) is 36.4 Å². The first-order chi connectivity index (χ1) is 16.0. The lowest BCUT2D eigenvalue weighted by molar-refractivity contribution is -0.137. The number of halogens is 3. The van der Waals surface area contributed by atoms with Gasteiger partial charge in [-0.1, -0.05) is 18.2 Å². The highest BCUT2D eigenvalue weighted by atomic mass is 19.4. The van der Waals surface area contributed by atoms with Crippen molar-refractivity contribution in [1.29, 1.82) is 0 Å². The summed E-state index contributed by atoms with van der Waals surface area (Å²) in [5.74, 6) is 0.0612. The van der Waals surface area contributed by atoms with Crippen LogP contribution in [0.25, 0.3) is 11.1 Å². The fourth-order valence-corrected chi connectivity index (χ4v) is 5.83. The Bertz CT molecular complexity index is 1110. The molecule has 1 saturated heterocycles. The van der Waals surface area contributed by atoms with Crippen LogP contribution in [0.3, 0.4) is 0 Å². The molecule has 0 bridgehead atoms. The van der Waals surface area contributed by atoms with Gasteiger partial charge in [-0.15, -0.1) is 0 Å². The lowest BCUT2D eigenvalue weighted by Gasteiger charge is -2.39. The zero-order chi connectivity index (χ0) is 24.3. The highest BCUT2D eigenvalue weighted by Crippen LogP contribution is 2.50. The number of aryl methyl sites for hydroxylation is 1. The van der Waals surface area contributed by atoms with Crippen molar-refractivity contribution >= 4 is 11.8 Å². The second-order valence-corrected chi connectivity index (χ2v) is 10.7. The van der Waals surface area contributed by atoms with Crippen LogP contribution in [0.5, 0.6) is 0 Å². The van der Waals surface area contributed by atoms with Gasteiger partial charge in [0.25, 0.3) is 0 Å². The number of likely N-dealkylation sites (tertiary alicyclic amines) is 1. The van der Waals surface area contributed by atoms with Crippen molar-refractivity contribution in [3.05, 3.63) is 53.1 Å². The number of hydrogen-bond donors (Lipinski definition) is 0. The molecule has 182 valence electrons. The largest absolute Gasteiger partial charge is 0.444 e. The summed E-state index contributed by atoms with van der Waals surface area (Å²) in [6, 6.07) is 9.99. The Morgan fingerprint density at radius 3 is 2.56 bits per heavy atom. The average molecular weight is 473 g/mol. The van der Waals surface area contributed by atoms with Gasteiger partial charge in [-0.2, -0.15) is 13.2 Å². The SMILES string of the molecule is CC(C)(C)OC(=O)N1CC[C@H]2[C@@H](C1)c1cc(-c3ccccc3C(F)(F)F)cc3c1N2CCCC3. The molecular weight excluding hydrogens is 441 g/mol. The molecule has 2 atom stereocenters. The Hall–Kier alpha value is -2.70. The van der Waals surface area contributed by atoms with Crippen molar-refractivity contribution in [3.8, 4) is 11.1 Å². The minimum atomic E-state index is -4.42. The van der Waals surface area contributed by atoms with E-state index in [1.165, 1.54) is 11.8 Å². The summed E-state index contributed by atoms with van der Waals surface area (Å²) in [5, 5.41) is 0. The molecule has 5 rings (SSSR count). The lowest BCUT2D eigenvalue weighted by atomic mass is 9.85. The Morgan fingerprint density at radius 2 is 1.82 bits per heavy atom. The highest BCUT2D eigenvalue weighted by Gasteiger charge is 2.45. The summed E-state index contributed by atoms with van der Waals surface area (Å²) in [6.45, 7) is 7.66. The third-order valence-electron chi connectivity index (χ3n) is 7.17. The van der Waals surface area contributed by atoms with Crippen LogP contribution >= 0.6 is 0 Å². The van der Waals surface area contributed by atoms with Crippen LogP contribution in [0.2, 0.25) is 0 Å². The van der Waals surface area contributed by atoms with Crippen LogP contribution < -0.4 is 4.90 Å². The van der Waals surface area contributed by atoms with E-state index in [0.717, 1.165) is 49.4 Å². The van der Waals surface area contributed by atoms with Gasteiger partial charge in [0.1, 0.15) is 5.60 Å². The first-order valence-electron chi connectivity index (χ1n) is 12.1. The molecule has 0 aromatic heterocycles. The van der Waals surface area contributed by atoms with Gasteiger partial charge in [0.15, 0.2) is 0 Å². The van der Waals surface area contributed by atoms with E-state index in [4.69, 9.17) is 4.74 Å². The van der Waals surface area contributed by atoms with Crippen molar-refractivity contribution in [3.63, 3.8) is 0 Å². The van der Waals surface area contributed by atoms with Gasteiger partial charge in [0, 0.05) is 37.3 Å². The van der Waals surface area contributed by atoms with Gasteiger partial charge in [-0.3, -0.25) is 0 Å². The lowest BCUT2D eigenvalue weighted by Crippen LogP contribution is -2.49. The number of piperidine rings is 1. The minimum absolute atomic E-state index is 0.0612. The molecule has 0 spiro atoms. The predicted octanol–water partition coefficient (Wildman–Crippen LogP) is 6.62. The van der Waals surface area contributed by atoms with E-state index in [-0.39, 0.29) is 23.6 Å². The normalized spacial score (nSPS) is 22.2. The van der Waals surface area contributed by atoms with Crippen molar-refractivity contribution in [2.75, 3.05) is 24.5 Å². The van der Waals surface area contributed by atoms with E-state index < -0.39 is 17.3 Å². The van der Waals surface area contributed by atoms with E-state index in [9.17, 15) is 18.0 Å². The third-order valence-corrected chi connectivity index (χ3v) is 7.17. The predicted molar refractivity (Wildman–Crippen MR) is 126 cm³/mol.